The van der Waals surface area contributed by atoms with E-state index in [-0.39, 0.29) is 0 Å². The number of hydrogen-bond donors (Lipinski definition) is 1. The van der Waals surface area contributed by atoms with Crippen LogP contribution in [-0.4, -0.2) is 16.2 Å². The fourth-order valence-corrected chi connectivity index (χ4v) is 3.95. The van der Waals surface area contributed by atoms with Crippen LogP contribution in [0.3, 0.4) is 0 Å². The highest BCUT2D eigenvalue weighted by Gasteiger charge is 2.20. The highest BCUT2D eigenvalue weighted by atomic mass is 32.1. The minimum atomic E-state index is 0.812. The van der Waals surface area contributed by atoms with Crippen molar-refractivity contribution in [3.05, 3.63) is 52.7 Å². The van der Waals surface area contributed by atoms with E-state index in [4.69, 9.17) is 0 Å². The molecule has 2 heterocycles. The standard InChI is InChI=1S/C16H14N4S/c1-2-5-11(6-3-1)9-19-20-15-14-12-7-4-8-13(12)21-16(14)18-10-17-15/h1-3,5-6,9-10H,4,7-8H2,(H,17,18,20)/b19-9-. The number of rotatable bonds is 3. The van der Waals surface area contributed by atoms with Crippen molar-refractivity contribution < 1.29 is 0 Å². The number of aryl methyl sites for hydroxylation is 2. The first-order valence-corrected chi connectivity index (χ1v) is 7.83. The molecule has 0 aliphatic heterocycles. The summed E-state index contributed by atoms with van der Waals surface area (Å²) in [7, 11) is 0. The van der Waals surface area contributed by atoms with Gasteiger partial charge in [-0.2, -0.15) is 5.10 Å². The lowest BCUT2D eigenvalue weighted by Gasteiger charge is -2.02. The molecule has 0 saturated heterocycles. The smallest absolute Gasteiger partial charge is 0.158 e. The molecule has 104 valence electrons. The molecule has 0 amide bonds. The summed E-state index contributed by atoms with van der Waals surface area (Å²) in [5.41, 5.74) is 5.55. The molecule has 21 heavy (non-hydrogen) atoms. The maximum absolute atomic E-state index is 4.39. The Hall–Kier alpha value is -2.27. The van der Waals surface area contributed by atoms with Crippen LogP contribution in [-0.2, 0) is 12.8 Å². The zero-order valence-electron chi connectivity index (χ0n) is 11.4. The van der Waals surface area contributed by atoms with E-state index in [1.165, 1.54) is 23.3 Å². The summed E-state index contributed by atoms with van der Waals surface area (Å²) in [6.07, 6.45) is 6.94. The van der Waals surface area contributed by atoms with Gasteiger partial charge >= 0.3 is 0 Å². The van der Waals surface area contributed by atoms with E-state index in [1.807, 2.05) is 30.3 Å². The molecular formula is C16H14N4S. The third kappa shape index (κ3) is 2.29. The Kier molecular flexibility index (Phi) is 3.12. The van der Waals surface area contributed by atoms with Crippen molar-refractivity contribution in [3.8, 4) is 0 Å². The second kappa shape index (κ2) is 5.26. The lowest BCUT2D eigenvalue weighted by Crippen LogP contribution is -1.96. The molecule has 0 atom stereocenters. The highest BCUT2D eigenvalue weighted by molar-refractivity contribution is 7.19. The molecule has 5 heteroatoms. The van der Waals surface area contributed by atoms with E-state index in [9.17, 15) is 0 Å². The molecule has 0 saturated carbocycles. The number of thiophene rings is 1. The van der Waals surface area contributed by atoms with Gasteiger partial charge in [-0.25, -0.2) is 9.97 Å². The minimum absolute atomic E-state index is 0.812. The molecular weight excluding hydrogens is 280 g/mol. The fraction of sp³-hybridized carbons (Fsp3) is 0.188. The van der Waals surface area contributed by atoms with Crippen LogP contribution in [0.5, 0.6) is 0 Å². The summed E-state index contributed by atoms with van der Waals surface area (Å²) in [6.45, 7) is 0. The lowest BCUT2D eigenvalue weighted by atomic mass is 10.2. The third-order valence-corrected chi connectivity index (χ3v) is 4.88. The fourth-order valence-electron chi connectivity index (χ4n) is 2.72. The first-order chi connectivity index (χ1) is 10.4. The summed E-state index contributed by atoms with van der Waals surface area (Å²) in [4.78, 5) is 11.3. The molecule has 4 nitrogen and oxygen atoms in total. The van der Waals surface area contributed by atoms with Gasteiger partial charge in [0.15, 0.2) is 5.82 Å². The Labute approximate surface area is 126 Å². The molecule has 1 aliphatic carbocycles. The quantitative estimate of drug-likeness (QED) is 0.593. The number of anilines is 1. The Balaban J connectivity index is 1.66. The summed E-state index contributed by atoms with van der Waals surface area (Å²) >= 11 is 1.79. The van der Waals surface area contributed by atoms with E-state index >= 15 is 0 Å². The Morgan fingerprint density at radius 2 is 2.05 bits per heavy atom. The molecule has 3 aromatic rings. The first kappa shape index (κ1) is 12.5. The van der Waals surface area contributed by atoms with Gasteiger partial charge in [0.25, 0.3) is 0 Å². The second-order valence-corrected chi connectivity index (χ2v) is 6.12. The Morgan fingerprint density at radius 3 is 2.95 bits per heavy atom. The van der Waals surface area contributed by atoms with Gasteiger partial charge in [0, 0.05) is 4.88 Å². The van der Waals surface area contributed by atoms with Crippen molar-refractivity contribution in [2.45, 2.75) is 19.3 Å². The number of fused-ring (bicyclic) bond motifs is 3. The van der Waals surface area contributed by atoms with E-state index in [0.29, 0.717) is 0 Å². The average Bonchev–Trinajstić information content (AvgIpc) is 3.09. The molecule has 0 bridgehead atoms. The predicted octanol–water partition coefficient (Wildman–Crippen LogP) is 3.63. The van der Waals surface area contributed by atoms with Crippen LogP contribution < -0.4 is 5.43 Å². The van der Waals surface area contributed by atoms with E-state index in [1.54, 1.807) is 23.9 Å². The Morgan fingerprint density at radius 1 is 1.14 bits per heavy atom. The van der Waals surface area contributed by atoms with E-state index in [2.05, 4.69) is 20.5 Å². The molecule has 4 rings (SSSR count). The molecule has 0 radical (unpaired) electrons. The van der Waals surface area contributed by atoms with Crippen LogP contribution in [0.2, 0.25) is 0 Å². The van der Waals surface area contributed by atoms with Crippen LogP contribution in [0, 0.1) is 0 Å². The van der Waals surface area contributed by atoms with Crippen molar-refractivity contribution in [1.29, 1.82) is 0 Å². The van der Waals surface area contributed by atoms with Gasteiger partial charge in [-0.3, -0.25) is 5.43 Å². The van der Waals surface area contributed by atoms with Crippen molar-refractivity contribution in [1.82, 2.24) is 9.97 Å². The summed E-state index contributed by atoms with van der Waals surface area (Å²) in [6, 6.07) is 10.0. The minimum Gasteiger partial charge on any atom is -0.261 e. The van der Waals surface area contributed by atoms with Gasteiger partial charge in [0.05, 0.1) is 11.6 Å². The first-order valence-electron chi connectivity index (χ1n) is 7.01. The van der Waals surface area contributed by atoms with E-state index < -0.39 is 0 Å². The summed E-state index contributed by atoms with van der Waals surface area (Å²) in [5.74, 6) is 0.812. The van der Waals surface area contributed by atoms with Gasteiger partial charge in [-0.15, -0.1) is 11.3 Å². The number of aromatic nitrogens is 2. The zero-order valence-corrected chi connectivity index (χ0v) is 12.2. The summed E-state index contributed by atoms with van der Waals surface area (Å²) < 4.78 is 0. The molecule has 0 spiro atoms. The van der Waals surface area contributed by atoms with Crippen molar-refractivity contribution in [2.24, 2.45) is 5.10 Å². The van der Waals surface area contributed by atoms with Gasteiger partial charge in [-0.1, -0.05) is 30.3 Å². The van der Waals surface area contributed by atoms with Crippen molar-refractivity contribution in [2.75, 3.05) is 5.43 Å². The molecule has 1 aromatic carbocycles. The normalized spacial score (nSPS) is 13.9. The van der Waals surface area contributed by atoms with Crippen LogP contribution in [0.15, 0.2) is 41.8 Å². The van der Waals surface area contributed by atoms with Gasteiger partial charge in [-0.05, 0) is 30.4 Å². The number of nitrogens with zero attached hydrogens (tertiary/aromatic N) is 3. The molecule has 0 unspecified atom stereocenters. The summed E-state index contributed by atoms with van der Waals surface area (Å²) in [5, 5.41) is 5.46. The van der Waals surface area contributed by atoms with Gasteiger partial charge in [0.1, 0.15) is 11.2 Å². The van der Waals surface area contributed by atoms with Crippen molar-refractivity contribution in [3.63, 3.8) is 0 Å². The predicted molar refractivity (Wildman–Crippen MR) is 87.1 cm³/mol. The lowest BCUT2D eigenvalue weighted by molar-refractivity contribution is 0.917. The van der Waals surface area contributed by atoms with Crippen LogP contribution in [0.1, 0.15) is 22.4 Å². The van der Waals surface area contributed by atoms with Gasteiger partial charge < -0.3 is 0 Å². The SMILES string of the molecule is C(=N/Nc1ncnc2sc3c(c12)CCC3)/c1ccccc1. The number of hydrogen-bond acceptors (Lipinski definition) is 5. The maximum atomic E-state index is 4.39. The number of benzene rings is 1. The number of nitrogens with one attached hydrogen (secondary N) is 1. The largest absolute Gasteiger partial charge is 0.261 e. The van der Waals surface area contributed by atoms with Crippen LogP contribution in [0.4, 0.5) is 5.82 Å². The van der Waals surface area contributed by atoms with Crippen LogP contribution in [0.25, 0.3) is 10.2 Å². The third-order valence-electron chi connectivity index (χ3n) is 3.68. The maximum Gasteiger partial charge on any atom is 0.158 e. The molecule has 1 N–H and O–H groups in total. The average molecular weight is 294 g/mol. The molecule has 1 aliphatic rings. The highest BCUT2D eigenvalue weighted by Crippen LogP contribution is 2.38. The van der Waals surface area contributed by atoms with E-state index in [0.717, 1.165) is 28.0 Å². The zero-order chi connectivity index (χ0) is 14.1. The second-order valence-electron chi connectivity index (χ2n) is 5.04. The van der Waals surface area contributed by atoms with Crippen molar-refractivity contribution >= 4 is 33.6 Å². The van der Waals surface area contributed by atoms with Crippen LogP contribution >= 0.6 is 11.3 Å². The molecule has 2 aromatic heterocycles. The topological polar surface area (TPSA) is 50.2 Å². The van der Waals surface area contributed by atoms with Gasteiger partial charge in [0.2, 0.25) is 0 Å². The number of hydrazone groups is 1. The Bertz CT molecular complexity index is 808. The molecule has 0 fully saturated rings. The monoisotopic (exact) mass is 294 g/mol.